The summed E-state index contributed by atoms with van der Waals surface area (Å²) in [5.74, 6) is -3.45. The van der Waals surface area contributed by atoms with Crippen molar-refractivity contribution in [2.75, 3.05) is 20.3 Å². The Bertz CT molecular complexity index is 826. The predicted octanol–water partition coefficient (Wildman–Crippen LogP) is -3.75. The van der Waals surface area contributed by atoms with E-state index in [2.05, 4.69) is 0 Å². The molecular weight excluding hydrogens is 387 g/mol. The lowest BCUT2D eigenvalue weighted by molar-refractivity contribution is -0.197. The summed E-state index contributed by atoms with van der Waals surface area (Å²) in [7, 11) is 1.23. The molecule has 28 heavy (non-hydrogen) atoms. The van der Waals surface area contributed by atoms with Crippen molar-refractivity contribution in [2.45, 2.75) is 48.7 Å². The smallest absolute Gasteiger partial charge is 0.330 e. The van der Waals surface area contributed by atoms with Crippen molar-refractivity contribution in [1.82, 2.24) is 9.55 Å². The van der Waals surface area contributed by atoms with Crippen LogP contribution in [-0.4, -0.2) is 91.8 Å². The van der Waals surface area contributed by atoms with Crippen molar-refractivity contribution in [3.63, 3.8) is 0 Å². The largest absolute Gasteiger partial charge is 0.394 e. The average Bonchev–Trinajstić information content (AvgIpc) is 3.09. The van der Waals surface area contributed by atoms with E-state index in [0.717, 1.165) is 6.20 Å². The van der Waals surface area contributed by atoms with E-state index in [1.165, 1.54) is 7.11 Å². The summed E-state index contributed by atoms with van der Waals surface area (Å²) >= 11 is 0. The first kappa shape index (κ1) is 21.0. The van der Waals surface area contributed by atoms with Crippen molar-refractivity contribution in [3.8, 4) is 0 Å². The lowest BCUT2D eigenvalue weighted by atomic mass is 10.0. The van der Waals surface area contributed by atoms with Crippen LogP contribution >= 0.6 is 0 Å². The van der Waals surface area contributed by atoms with Gasteiger partial charge in [0.2, 0.25) is 0 Å². The van der Waals surface area contributed by atoms with Gasteiger partial charge in [0.15, 0.2) is 6.23 Å². The highest BCUT2D eigenvalue weighted by Crippen LogP contribution is 2.39. The fourth-order valence-corrected chi connectivity index (χ4v) is 3.42. The van der Waals surface area contributed by atoms with Gasteiger partial charge in [0, 0.05) is 13.3 Å². The number of aromatic nitrogens is 2. The number of nitrogens with one attached hydrogen (secondary N) is 1. The number of halogens is 1. The average molecular weight is 408 g/mol. The minimum atomic E-state index is -3.45. The van der Waals surface area contributed by atoms with Crippen LogP contribution in [0.5, 0.6) is 0 Å². The number of aliphatic hydroxyl groups is 5. The Morgan fingerprint density at radius 2 is 1.89 bits per heavy atom. The normalized spacial score (nSPS) is 40.9. The van der Waals surface area contributed by atoms with Crippen LogP contribution in [0.2, 0.25) is 0 Å². The molecule has 1 unspecified atom stereocenters. The third kappa shape index (κ3) is 3.19. The number of alkyl halides is 1. The Morgan fingerprint density at radius 1 is 1.25 bits per heavy atom. The first-order valence-corrected chi connectivity index (χ1v) is 8.35. The van der Waals surface area contributed by atoms with Gasteiger partial charge in [-0.25, -0.2) is 9.18 Å². The molecule has 0 radical (unpaired) electrons. The molecule has 1 aromatic rings. The van der Waals surface area contributed by atoms with Crippen LogP contribution in [-0.2, 0) is 14.2 Å². The van der Waals surface area contributed by atoms with Crippen LogP contribution in [0.25, 0.3) is 0 Å². The topological polar surface area (TPSA) is 184 Å². The molecule has 3 heterocycles. The van der Waals surface area contributed by atoms with Gasteiger partial charge in [0.1, 0.15) is 36.6 Å². The predicted molar refractivity (Wildman–Crippen MR) is 85.9 cm³/mol. The molecule has 2 aliphatic rings. The Balaban J connectivity index is 2.05. The number of methoxy groups -OCH3 is 1. The maximum Gasteiger partial charge on any atom is 0.330 e. The third-order valence-electron chi connectivity index (χ3n) is 4.94. The van der Waals surface area contributed by atoms with Crippen LogP contribution in [0, 0.1) is 0 Å². The third-order valence-corrected chi connectivity index (χ3v) is 4.94. The minimum absolute atomic E-state index is 0.275. The highest BCUT2D eigenvalue weighted by Gasteiger charge is 2.58. The van der Waals surface area contributed by atoms with Gasteiger partial charge in [-0.15, -0.1) is 0 Å². The minimum Gasteiger partial charge on any atom is -0.394 e. The molecule has 0 amide bonds. The number of H-pyrrole nitrogens is 1. The molecule has 0 spiro atoms. The van der Waals surface area contributed by atoms with Gasteiger partial charge in [-0.1, -0.05) is 0 Å². The van der Waals surface area contributed by atoms with E-state index < -0.39 is 73.2 Å². The summed E-state index contributed by atoms with van der Waals surface area (Å²) in [5, 5.41) is 48.2. The van der Waals surface area contributed by atoms with Crippen LogP contribution in [0.3, 0.4) is 0 Å². The summed E-state index contributed by atoms with van der Waals surface area (Å²) in [6.07, 6.45) is -9.60. The summed E-state index contributed by atoms with van der Waals surface area (Å²) in [5.41, 5.74) is -2.37. The van der Waals surface area contributed by atoms with Crippen LogP contribution < -0.4 is 11.2 Å². The number of ether oxygens (including phenoxy) is 3. The van der Waals surface area contributed by atoms with E-state index in [1.54, 1.807) is 0 Å². The van der Waals surface area contributed by atoms with Gasteiger partial charge < -0.3 is 39.7 Å². The highest BCUT2D eigenvalue weighted by atomic mass is 19.2. The Kier molecular flexibility index (Phi) is 5.71. The molecule has 13 heteroatoms. The Labute approximate surface area is 156 Å². The highest BCUT2D eigenvalue weighted by molar-refractivity contribution is 5.15. The molecule has 12 nitrogen and oxygen atoms in total. The fraction of sp³-hybridized carbons (Fsp3) is 0.733. The number of hydrogen-bond acceptors (Lipinski definition) is 10. The van der Waals surface area contributed by atoms with Crippen LogP contribution in [0.4, 0.5) is 4.39 Å². The SMILES string of the molecule is CO[C@@H]1C(c2cn([C@@H]3O[C@H](CO)[C@@H](O)[C@]3(O)F)c(=O)[nH]c2=O)O[C@H](CO)[C@H]1O. The number of aliphatic hydroxyl groups excluding tert-OH is 4. The molecule has 2 fully saturated rings. The quantitative estimate of drug-likeness (QED) is 0.283. The first-order chi connectivity index (χ1) is 13.2. The lowest BCUT2D eigenvalue weighted by Crippen LogP contribution is -2.46. The zero-order valence-corrected chi connectivity index (χ0v) is 14.6. The van der Waals surface area contributed by atoms with Gasteiger partial charge in [0.25, 0.3) is 11.4 Å². The number of aromatic amines is 1. The summed E-state index contributed by atoms with van der Waals surface area (Å²) in [4.78, 5) is 26.3. The molecule has 0 aromatic carbocycles. The number of rotatable bonds is 5. The van der Waals surface area contributed by atoms with E-state index in [-0.39, 0.29) is 5.56 Å². The second kappa shape index (κ2) is 7.61. The molecule has 0 aliphatic carbocycles. The van der Waals surface area contributed by atoms with Crippen molar-refractivity contribution in [2.24, 2.45) is 0 Å². The van der Waals surface area contributed by atoms with Gasteiger partial charge in [0.05, 0.1) is 18.8 Å². The van der Waals surface area contributed by atoms with Crippen molar-refractivity contribution in [1.29, 1.82) is 0 Å². The molecule has 8 atom stereocenters. The molecule has 2 aliphatic heterocycles. The van der Waals surface area contributed by atoms with E-state index in [1.807, 2.05) is 4.98 Å². The first-order valence-electron chi connectivity index (χ1n) is 8.35. The molecule has 158 valence electrons. The Morgan fingerprint density at radius 3 is 2.43 bits per heavy atom. The van der Waals surface area contributed by atoms with Gasteiger partial charge >= 0.3 is 5.69 Å². The molecule has 2 saturated heterocycles. The van der Waals surface area contributed by atoms with Crippen LogP contribution in [0.15, 0.2) is 15.8 Å². The standard InChI is InChI=1S/C15H21FN2O10/c1-26-10-8(21)6(3-19)27-9(10)5-2-18(14(24)17-12(5)23)13-15(16,25)11(22)7(4-20)28-13/h2,6-11,13,19-22,25H,3-4H2,1H3,(H,17,23,24)/t6-,7-,8-,9?,10+,11-,13-,15-/m1/s1. The molecule has 0 saturated carbocycles. The number of hydrogen-bond donors (Lipinski definition) is 6. The van der Waals surface area contributed by atoms with Gasteiger partial charge in [-0.05, 0) is 0 Å². The van der Waals surface area contributed by atoms with E-state index in [4.69, 9.17) is 19.3 Å². The zero-order valence-electron chi connectivity index (χ0n) is 14.6. The van der Waals surface area contributed by atoms with Crippen molar-refractivity contribution >= 4 is 0 Å². The molecule has 6 N–H and O–H groups in total. The Hall–Kier alpha value is -1.71. The van der Waals surface area contributed by atoms with E-state index >= 15 is 0 Å². The monoisotopic (exact) mass is 408 g/mol. The second-order valence-corrected chi connectivity index (χ2v) is 6.60. The molecule has 1 aromatic heterocycles. The van der Waals surface area contributed by atoms with Crippen molar-refractivity contribution < 1.29 is 44.1 Å². The van der Waals surface area contributed by atoms with Crippen LogP contribution in [0.1, 0.15) is 17.9 Å². The van der Waals surface area contributed by atoms with E-state index in [9.17, 15) is 34.4 Å². The fourth-order valence-electron chi connectivity index (χ4n) is 3.42. The van der Waals surface area contributed by atoms with Crippen molar-refractivity contribution in [3.05, 3.63) is 32.6 Å². The maximum atomic E-state index is 14.6. The van der Waals surface area contributed by atoms with Gasteiger partial charge in [-0.3, -0.25) is 14.3 Å². The lowest BCUT2D eigenvalue weighted by Gasteiger charge is -2.25. The molecule has 3 rings (SSSR count). The van der Waals surface area contributed by atoms with Gasteiger partial charge in [-0.2, -0.15) is 0 Å². The van der Waals surface area contributed by atoms with E-state index in [0.29, 0.717) is 4.57 Å². The summed E-state index contributed by atoms with van der Waals surface area (Å²) in [6, 6.07) is 0. The molecule has 0 bridgehead atoms. The summed E-state index contributed by atoms with van der Waals surface area (Å²) in [6.45, 7) is -1.41. The second-order valence-electron chi connectivity index (χ2n) is 6.60. The maximum absolute atomic E-state index is 14.6. The summed E-state index contributed by atoms with van der Waals surface area (Å²) < 4.78 is 30.6. The molecular formula is C15H21FN2O10. The number of nitrogens with zero attached hydrogens (tertiary/aromatic N) is 1. The zero-order chi connectivity index (χ0) is 20.8.